The van der Waals surface area contributed by atoms with Gasteiger partial charge in [-0.3, -0.25) is 4.57 Å². The number of fused-ring (bicyclic) bond motifs is 2. The number of benzene rings is 1. The van der Waals surface area contributed by atoms with Gasteiger partial charge in [0, 0.05) is 12.6 Å². The van der Waals surface area contributed by atoms with E-state index in [0.29, 0.717) is 41.9 Å². The van der Waals surface area contributed by atoms with Crippen LogP contribution >= 0.6 is 0 Å². The molecule has 7 heteroatoms. The molecule has 0 radical (unpaired) electrons. The fraction of sp³-hybridized carbons (Fsp3) is 0.524. The Kier molecular flexibility index (Phi) is 5.52. The molecular formula is C21H28N4O3. The molecule has 0 saturated heterocycles. The monoisotopic (exact) mass is 384 g/mol. The van der Waals surface area contributed by atoms with Crippen molar-refractivity contribution in [3.05, 3.63) is 34.9 Å². The number of para-hydroxylation sites is 1. The standard InChI is InChI=1S/C21H28N4O3/c1-2-4-14-7-9-15(10-8-14)25-13-18-20(24-21(25)26)23-19-16(27-12-11-22)5-3-6-17(19)28-18/h3,5-6,13-15H,2,4,7-12,22H2,1H3,(H,23,24,26). The van der Waals surface area contributed by atoms with Gasteiger partial charge in [0.2, 0.25) is 0 Å². The number of aromatic nitrogens is 2. The average molecular weight is 384 g/mol. The van der Waals surface area contributed by atoms with Crippen LogP contribution in [0.3, 0.4) is 0 Å². The summed E-state index contributed by atoms with van der Waals surface area (Å²) in [5.74, 6) is 3.07. The highest BCUT2D eigenvalue weighted by atomic mass is 16.5. The van der Waals surface area contributed by atoms with Crippen LogP contribution in [0.5, 0.6) is 17.2 Å². The number of hydrogen-bond acceptors (Lipinski definition) is 6. The van der Waals surface area contributed by atoms with E-state index >= 15 is 0 Å². The molecule has 0 spiro atoms. The molecule has 0 bridgehead atoms. The second kappa shape index (κ2) is 8.22. The lowest BCUT2D eigenvalue weighted by Gasteiger charge is -2.30. The Hall–Kier alpha value is -2.54. The Morgan fingerprint density at radius 1 is 1.29 bits per heavy atom. The Bertz CT molecular complexity index is 888. The second-order valence-electron chi connectivity index (χ2n) is 7.60. The van der Waals surface area contributed by atoms with Crippen LogP contribution in [0.4, 0.5) is 11.5 Å². The molecule has 4 rings (SSSR count). The van der Waals surface area contributed by atoms with E-state index in [1.165, 1.54) is 25.7 Å². The van der Waals surface area contributed by atoms with E-state index in [1.807, 2.05) is 18.2 Å². The summed E-state index contributed by atoms with van der Waals surface area (Å²) in [5.41, 5.74) is 5.96. The Balaban J connectivity index is 1.56. The predicted molar refractivity (Wildman–Crippen MR) is 109 cm³/mol. The van der Waals surface area contributed by atoms with Gasteiger partial charge in [-0.2, -0.15) is 4.98 Å². The molecule has 1 aromatic carbocycles. The molecule has 1 aliphatic carbocycles. The van der Waals surface area contributed by atoms with Crippen LogP contribution in [0.15, 0.2) is 29.2 Å². The van der Waals surface area contributed by atoms with Crippen molar-refractivity contribution < 1.29 is 9.47 Å². The lowest BCUT2D eigenvalue weighted by atomic mass is 9.83. The first-order valence-corrected chi connectivity index (χ1v) is 10.2. The average Bonchev–Trinajstić information content (AvgIpc) is 2.71. The van der Waals surface area contributed by atoms with Gasteiger partial charge in [-0.1, -0.05) is 25.8 Å². The van der Waals surface area contributed by atoms with E-state index in [0.717, 1.165) is 18.8 Å². The summed E-state index contributed by atoms with van der Waals surface area (Å²) >= 11 is 0. The molecule has 1 saturated carbocycles. The minimum atomic E-state index is -0.238. The van der Waals surface area contributed by atoms with Crippen molar-refractivity contribution in [3.8, 4) is 17.2 Å². The molecule has 1 aliphatic heterocycles. The molecule has 2 heterocycles. The van der Waals surface area contributed by atoms with Gasteiger partial charge in [0.15, 0.2) is 17.3 Å². The summed E-state index contributed by atoms with van der Waals surface area (Å²) in [6, 6.07) is 5.77. The van der Waals surface area contributed by atoms with Crippen LogP contribution in [-0.2, 0) is 0 Å². The van der Waals surface area contributed by atoms with Crippen LogP contribution in [-0.4, -0.2) is 22.7 Å². The largest absolute Gasteiger partial charge is 0.490 e. The summed E-state index contributed by atoms with van der Waals surface area (Å²) in [4.78, 5) is 16.9. The molecule has 28 heavy (non-hydrogen) atoms. The molecular weight excluding hydrogens is 356 g/mol. The summed E-state index contributed by atoms with van der Waals surface area (Å²) in [6.07, 6.45) is 8.70. The maximum Gasteiger partial charge on any atom is 0.350 e. The second-order valence-corrected chi connectivity index (χ2v) is 7.60. The summed E-state index contributed by atoms with van der Waals surface area (Å²) in [7, 11) is 0. The molecule has 1 fully saturated rings. The molecule has 3 N–H and O–H groups in total. The highest BCUT2D eigenvalue weighted by Gasteiger charge is 2.27. The molecule has 0 amide bonds. The van der Waals surface area contributed by atoms with Crippen molar-refractivity contribution in [2.24, 2.45) is 11.7 Å². The quantitative estimate of drug-likeness (QED) is 0.668. The number of ether oxygens (including phenoxy) is 2. The highest BCUT2D eigenvalue weighted by Crippen LogP contribution is 2.45. The van der Waals surface area contributed by atoms with Crippen molar-refractivity contribution in [1.29, 1.82) is 0 Å². The number of nitrogens with one attached hydrogen (secondary N) is 1. The Morgan fingerprint density at radius 2 is 2.11 bits per heavy atom. The van der Waals surface area contributed by atoms with E-state index < -0.39 is 0 Å². The van der Waals surface area contributed by atoms with E-state index in [9.17, 15) is 4.79 Å². The van der Waals surface area contributed by atoms with E-state index in [2.05, 4.69) is 17.2 Å². The van der Waals surface area contributed by atoms with Gasteiger partial charge in [-0.15, -0.1) is 0 Å². The molecule has 7 nitrogen and oxygen atoms in total. The number of anilines is 2. The highest BCUT2D eigenvalue weighted by molar-refractivity contribution is 5.77. The zero-order chi connectivity index (χ0) is 19.5. The summed E-state index contributed by atoms with van der Waals surface area (Å²) < 4.78 is 13.5. The fourth-order valence-corrected chi connectivity index (χ4v) is 4.24. The van der Waals surface area contributed by atoms with Crippen LogP contribution in [0.25, 0.3) is 0 Å². The first kappa shape index (κ1) is 18.8. The Labute approximate surface area is 164 Å². The maximum atomic E-state index is 12.7. The molecule has 1 aromatic heterocycles. The maximum absolute atomic E-state index is 12.7. The van der Waals surface area contributed by atoms with Gasteiger partial charge < -0.3 is 20.5 Å². The molecule has 150 valence electrons. The molecule has 0 unspecified atom stereocenters. The lowest BCUT2D eigenvalue weighted by Crippen LogP contribution is -2.30. The molecule has 2 aliphatic rings. The number of rotatable bonds is 6. The molecule has 2 aromatic rings. The van der Waals surface area contributed by atoms with Crippen molar-refractivity contribution in [2.75, 3.05) is 18.5 Å². The number of nitrogens with two attached hydrogens (primary N) is 1. The SMILES string of the molecule is CCCC1CCC(n2cc3c(nc2=O)Nc2c(OCCN)cccc2O3)CC1. The van der Waals surface area contributed by atoms with Crippen molar-refractivity contribution >= 4 is 11.5 Å². The first-order valence-electron chi connectivity index (χ1n) is 10.2. The topological polar surface area (TPSA) is 91.4 Å². The van der Waals surface area contributed by atoms with Crippen LogP contribution in [0, 0.1) is 5.92 Å². The predicted octanol–water partition coefficient (Wildman–Crippen LogP) is 3.96. The fourth-order valence-electron chi connectivity index (χ4n) is 4.24. The minimum Gasteiger partial charge on any atom is -0.490 e. The Morgan fingerprint density at radius 3 is 2.86 bits per heavy atom. The lowest BCUT2D eigenvalue weighted by molar-refractivity contribution is 0.256. The number of nitrogens with zero attached hydrogens (tertiary/aromatic N) is 2. The third-order valence-electron chi connectivity index (χ3n) is 5.65. The minimum absolute atomic E-state index is 0.197. The van der Waals surface area contributed by atoms with E-state index in [4.69, 9.17) is 15.2 Å². The van der Waals surface area contributed by atoms with E-state index in [1.54, 1.807) is 10.8 Å². The van der Waals surface area contributed by atoms with Crippen molar-refractivity contribution in [2.45, 2.75) is 51.5 Å². The zero-order valence-electron chi connectivity index (χ0n) is 16.3. The zero-order valence-corrected chi connectivity index (χ0v) is 16.3. The smallest absolute Gasteiger partial charge is 0.350 e. The summed E-state index contributed by atoms with van der Waals surface area (Å²) in [5, 5.41) is 3.20. The molecule has 0 atom stereocenters. The van der Waals surface area contributed by atoms with Crippen LogP contribution < -0.4 is 26.2 Å². The normalized spacial score (nSPS) is 20.5. The van der Waals surface area contributed by atoms with Crippen molar-refractivity contribution in [3.63, 3.8) is 0 Å². The van der Waals surface area contributed by atoms with Crippen LogP contribution in [0.2, 0.25) is 0 Å². The number of hydrogen-bond donors (Lipinski definition) is 2. The summed E-state index contributed by atoms with van der Waals surface area (Å²) in [6.45, 7) is 3.06. The van der Waals surface area contributed by atoms with Gasteiger partial charge in [0.25, 0.3) is 0 Å². The first-order chi connectivity index (χ1) is 13.7. The van der Waals surface area contributed by atoms with Crippen LogP contribution in [0.1, 0.15) is 51.5 Å². The third kappa shape index (κ3) is 3.71. The van der Waals surface area contributed by atoms with Gasteiger partial charge in [-0.25, -0.2) is 4.79 Å². The van der Waals surface area contributed by atoms with Crippen molar-refractivity contribution in [1.82, 2.24) is 9.55 Å². The van der Waals surface area contributed by atoms with Gasteiger partial charge in [0.1, 0.15) is 18.0 Å². The van der Waals surface area contributed by atoms with E-state index in [-0.39, 0.29) is 11.7 Å². The van der Waals surface area contributed by atoms with Gasteiger partial charge >= 0.3 is 5.69 Å². The third-order valence-corrected chi connectivity index (χ3v) is 5.65. The van der Waals surface area contributed by atoms with Gasteiger partial charge in [0.05, 0.1) is 6.20 Å². The van der Waals surface area contributed by atoms with Gasteiger partial charge in [-0.05, 0) is 43.7 Å².